The second-order valence-corrected chi connectivity index (χ2v) is 6.07. The van der Waals surface area contributed by atoms with E-state index in [9.17, 15) is 8.42 Å². The van der Waals surface area contributed by atoms with Crippen molar-refractivity contribution in [3.63, 3.8) is 0 Å². The highest BCUT2D eigenvalue weighted by molar-refractivity contribution is 7.93. The van der Waals surface area contributed by atoms with Gasteiger partial charge in [0.15, 0.2) is 0 Å². The lowest BCUT2D eigenvalue weighted by Crippen LogP contribution is -2.12. The lowest BCUT2D eigenvalue weighted by atomic mass is 10.3. The first-order valence-corrected chi connectivity index (χ1v) is 7.39. The van der Waals surface area contributed by atoms with Gasteiger partial charge in [-0.25, -0.2) is 8.42 Å². The molecule has 0 spiro atoms. The molecular weight excluding hydrogens is 298 g/mol. The first-order chi connectivity index (χ1) is 8.53. The predicted octanol–water partition coefficient (Wildman–Crippen LogP) is 2.00. The fourth-order valence-corrected chi connectivity index (χ4v) is 3.25. The van der Waals surface area contributed by atoms with Gasteiger partial charge in [0.05, 0.1) is 17.0 Å². The van der Waals surface area contributed by atoms with Gasteiger partial charge in [-0.1, -0.05) is 22.9 Å². The third-order valence-corrected chi connectivity index (χ3v) is 4.38. The Morgan fingerprint density at radius 3 is 2.78 bits per heavy atom. The van der Waals surface area contributed by atoms with Gasteiger partial charge in [-0.05, 0) is 18.2 Å². The zero-order chi connectivity index (χ0) is 13.2. The molecule has 0 fully saturated rings. The number of benzene rings is 1. The first kappa shape index (κ1) is 13.1. The molecule has 0 unspecified atom stereocenters. The van der Waals surface area contributed by atoms with Gasteiger partial charge in [0, 0.05) is 0 Å². The highest BCUT2D eigenvalue weighted by atomic mass is 35.5. The highest BCUT2D eigenvalue weighted by Crippen LogP contribution is 2.27. The van der Waals surface area contributed by atoms with E-state index in [1.54, 1.807) is 0 Å². The lowest BCUT2D eigenvalue weighted by Gasteiger charge is -2.07. The summed E-state index contributed by atoms with van der Waals surface area (Å²) in [4.78, 5) is 0.0310. The standard InChI is InChI=1S/C9H8ClN3O3S2/c1-16-8-3-2-6(4-7(8)10)18(14,15)13-9-12-11-5-17-9/h2-5H,1H3,(H,12,13). The molecule has 0 saturated heterocycles. The van der Waals surface area contributed by atoms with Crippen LogP contribution in [0, 0.1) is 0 Å². The number of nitrogens with zero attached hydrogens (tertiary/aromatic N) is 2. The quantitative estimate of drug-likeness (QED) is 0.934. The molecular formula is C9H8ClN3O3S2. The number of nitrogens with one attached hydrogen (secondary N) is 1. The maximum Gasteiger partial charge on any atom is 0.263 e. The van der Waals surface area contributed by atoms with Gasteiger partial charge in [-0.3, -0.25) is 4.72 Å². The van der Waals surface area contributed by atoms with Crippen LogP contribution in [-0.4, -0.2) is 25.7 Å². The van der Waals surface area contributed by atoms with Crippen LogP contribution in [0.5, 0.6) is 5.75 Å². The van der Waals surface area contributed by atoms with Crippen molar-refractivity contribution >= 4 is 38.1 Å². The van der Waals surface area contributed by atoms with Crippen molar-refractivity contribution in [2.24, 2.45) is 0 Å². The summed E-state index contributed by atoms with van der Waals surface area (Å²) in [5, 5.41) is 7.56. The largest absolute Gasteiger partial charge is 0.495 e. The van der Waals surface area contributed by atoms with E-state index in [0.717, 1.165) is 11.3 Å². The fraction of sp³-hybridized carbons (Fsp3) is 0.111. The second-order valence-electron chi connectivity index (χ2n) is 3.15. The number of sulfonamides is 1. The van der Waals surface area contributed by atoms with E-state index in [1.165, 1.54) is 30.8 Å². The van der Waals surface area contributed by atoms with E-state index in [0.29, 0.717) is 5.75 Å². The van der Waals surface area contributed by atoms with Crippen molar-refractivity contribution in [1.29, 1.82) is 0 Å². The Kier molecular flexibility index (Phi) is 3.69. The SMILES string of the molecule is COc1ccc(S(=O)(=O)Nc2nncs2)cc1Cl. The van der Waals surface area contributed by atoms with E-state index < -0.39 is 10.0 Å². The zero-order valence-corrected chi connectivity index (χ0v) is 11.5. The summed E-state index contributed by atoms with van der Waals surface area (Å²) in [6.45, 7) is 0. The summed E-state index contributed by atoms with van der Waals surface area (Å²) in [5.41, 5.74) is 1.43. The predicted molar refractivity (Wildman–Crippen MR) is 68.7 cm³/mol. The third-order valence-electron chi connectivity index (χ3n) is 2.02. The van der Waals surface area contributed by atoms with Gasteiger partial charge in [-0.15, -0.1) is 10.2 Å². The van der Waals surface area contributed by atoms with E-state index in [-0.39, 0.29) is 15.0 Å². The number of anilines is 1. The topological polar surface area (TPSA) is 81.2 Å². The smallest absolute Gasteiger partial charge is 0.263 e. The van der Waals surface area contributed by atoms with Crippen molar-refractivity contribution in [2.75, 3.05) is 11.8 Å². The molecule has 9 heteroatoms. The fourth-order valence-electron chi connectivity index (χ4n) is 1.21. The van der Waals surface area contributed by atoms with Crippen LogP contribution < -0.4 is 9.46 Å². The van der Waals surface area contributed by atoms with Crippen LogP contribution >= 0.6 is 22.9 Å². The minimum Gasteiger partial charge on any atom is -0.495 e. The average molecular weight is 306 g/mol. The molecule has 1 aromatic carbocycles. The molecule has 0 aliphatic carbocycles. The van der Waals surface area contributed by atoms with E-state index in [4.69, 9.17) is 16.3 Å². The molecule has 0 atom stereocenters. The first-order valence-electron chi connectivity index (χ1n) is 4.65. The van der Waals surface area contributed by atoms with Crippen LogP contribution in [0.4, 0.5) is 5.13 Å². The highest BCUT2D eigenvalue weighted by Gasteiger charge is 2.17. The summed E-state index contributed by atoms with van der Waals surface area (Å²) in [5.74, 6) is 0.409. The third kappa shape index (κ3) is 2.71. The Balaban J connectivity index is 2.33. The molecule has 96 valence electrons. The Morgan fingerprint density at radius 1 is 1.44 bits per heavy atom. The summed E-state index contributed by atoms with van der Waals surface area (Å²) in [6, 6.07) is 4.19. The van der Waals surface area contributed by atoms with E-state index in [2.05, 4.69) is 14.9 Å². The molecule has 0 amide bonds. The minimum atomic E-state index is -3.71. The van der Waals surface area contributed by atoms with Crippen molar-refractivity contribution in [3.8, 4) is 5.75 Å². The van der Waals surface area contributed by atoms with Crippen LogP contribution in [0.15, 0.2) is 28.6 Å². The average Bonchev–Trinajstić information content (AvgIpc) is 2.81. The Hall–Kier alpha value is -1.38. The molecule has 2 rings (SSSR count). The van der Waals surface area contributed by atoms with Gasteiger partial charge in [-0.2, -0.15) is 0 Å². The number of hydrogen-bond donors (Lipinski definition) is 1. The lowest BCUT2D eigenvalue weighted by molar-refractivity contribution is 0.414. The van der Waals surface area contributed by atoms with Crippen molar-refractivity contribution in [1.82, 2.24) is 10.2 Å². The Labute approximate surface area is 113 Å². The van der Waals surface area contributed by atoms with Crippen LogP contribution in [0.25, 0.3) is 0 Å². The van der Waals surface area contributed by atoms with Gasteiger partial charge >= 0.3 is 0 Å². The van der Waals surface area contributed by atoms with Crippen LogP contribution in [0.3, 0.4) is 0 Å². The van der Waals surface area contributed by atoms with Gasteiger partial charge in [0.2, 0.25) is 5.13 Å². The second kappa shape index (κ2) is 5.09. The Morgan fingerprint density at radius 2 is 2.22 bits per heavy atom. The molecule has 1 aromatic heterocycles. The maximum atomic E-state index is 12.0. The molecule has 1 N–H and O–H groups in total. The molecule has 1 heterocycles. The number of aromatic nitrogens is 2. The van der Waals surface area contributed by atoms with Gasteiger partial charge in [0.1, 0.15) is 11.3 Å². The zero-order valence-electron chi connectivity index (χ0n) is 9.12. The number of hydrogen-bond acceptors (Lipinski definition) is 6. The number of methoxy groups -OCH3 is 1. The number of halogens is 1. The van der Waals surface area contributed by atoms with E-state index >= 15 is 0 Å². The van der Waals surface area contributed by atoms with Crippen LogP contribution in [-0.2, 0) is 10.0 Å². The molecule has 0 aliphatic rings. The molecule has 6 nitrogen and oxygen atoms in total. The summed E-state index contributed by atoms with van der Waals surface area (Å²) in [7, 11) is -2.26. The van der Waals surface area contributed by atoms with Crippen molar-refractivity contribution in [2.45, 2.75) is 4.90 Å². The van der Waals surface area contributed by atoms with Crippen LogP contribution in [0.1, 0.15) is 0 Å². The summed E-state index contributed by atoms with van der Waals surface area (Å²) >= 11 is 6.96. The van der Waals surface area contributed by atoms with Crippen LogP contribution in [0.2, 0.25) is 5.02 Å². The molecule has 18 heavy (non-hydrogen) atoms. The number of rotatable bonds is 4. The van der Waals surface area contributed by atoms with E-state index in [1.807, 2.05) is 0 Å². The van der Waals surface area contributed by atoms with Gasteiger partial charge < -0.3 is 4.74 Å². The molecule has 0 saturated carbocycles. The maximum absolute atomic E-state index is 12.0. The van der Waals surface area contributed by atoms with Crippen molar-refractivity contribution < 1.29 is 13.2 Å². The molecule has 0 radical (unpaired) electrons. The summed E-state index contributed by atoms with van der Waals surface area (Å²) < 4.78 is 31.2. The normalized spacial score (nSPS) is 11.2. The molecule has 0 bridgehead atoms. The van der Waals surface area contributed by atoms with Gasteiger partial charge in [0.25, 0.3) is 10.0 Å². The molecule has 0 aliphatic heterocycles. The number of ether oxygens (including phenoxy) is 1. The summed E-state index contributed by atoms with van der Waals surface area (Å²) in [6.07, 6.45) is 0. The monoisotopic (exact) mass is 305 g/mol. The minimum absolute atomic E-state index is 0.0310. The Bertz CT molecular complexity index is 643. The van der Waals surface area contributed by atoms with Crippen molar-refractivity contribution in [3.05, 3.63) is 28.7 Å². The molecule has 2 aromatic rings.